The number of halogens is 3. The summed E-state index contributed by atoms with van der Waals surface area (Å²) < 4.78 is 45.4. The third-order valence-corrected chi connectivity index (χ3v) is 5.31. The van der Waals surface area contributed by atoms with Crippen LogP contribution >= 0.6 is 0 Å². The molecule has 0 amide bonds. The van der Waals surface area contributed by atoms with Gasteiger partial charge in [-0.2, -0.15) is 13.2 Å². The first-order valence-electron chi connectivity index (χ1n) is 10.5. The molecule has 1 N–H and O–H groups in total. The van der Waals surface area contributed by atoms with E-state index in [0.717, 1.165) is 23.8 Å². The van der Waals surface area contributed by atoms with E-state index in [-0.39, 0.29) is 16.7 Å². The van der Waals surface area contributed by atoms with Crippen molar-refractivity contribution in [2.75, 3.05) is 0 Å². The van der Waals surface area contributed by atoms with Gasteiger partial charge in [-0.1, -0.05) is 51.1 Å². The molecule has 0 saturated heterocycles. The number of alkyl halides is 3. The molecule has 6 nitrogen and oxygen atoms in total. The zero-order chi connectivity index (χ0) is 24.7. The molecule has 9 heteroatoms. The summed E-state index contributed by atoms with van der Waals surface area (Å²) in [7, 11) is 0. The molecule has 34 heavy (non-hydrogen) atoms. The second kappa shape index (κ2) is 8.48. The zero-order valence-electron chi connectivity index (χ0n) is 18.7. The largest absolute Gasteiger partial charge is 0.478 e. The Hall–Kier alpha value is -3.88. The molecule has 1 unspecified atom stereocenters. The number of rotatable bonds is 5. The van der Waals surface area contributed by atoms with Gasteiger partial charge in [-0.3, -0.25) is 0 Å². The van der Waals surface area contributed by atoms with Gasteiger partial charge in [-0.15, -0.1) is 15.0 Å². The van der Waals surface area contributed by atoms with Crippen LogP contribution in [0.1, 0.15) is 43.6 Å². The summed E-state index contributed by atoms with van der Waals surface area (Å²) in [5.74, 6) is -1.30. The molecule has 0 radical (unpaired) electrons. The zero-order valence-corrected chi connectivity index (χ0v) is 18.7. The minimum Gasteiger partial charge on any atom is -0.478 e. The van der Waals surface area contributed by atoms with Crippen molar-refractivity contribution in [1.29, 1.82) is 0 Å². The number of benzene rings is 3. The molecular weight excluding hydrogens is 447 g/mol. The van der Waals surface area contributed by atoms with Gasteiger partial charge in [0, 0.05) is 5.56 Å². The van der Waals surface area contributed by atoms with E-state index in [9.17, 15) is 23.1 Å². The second-order valence-corrected chi connectivity index (χ2v) is 8.87. The highest BCUT2D eigenvalue weighted by Crippen LogP contribution is 2.35. The number of aromatic nitrogens is 3. The van der Waals surface area contributed by atoms with Crippen LogP contribution in [0.25, 0.3) is 16.7 Å². The van der Waals surface area contributed by atoms with E-state index in [0.29, 0.717) is 16.7 Å². The summed E-state index contributed by atoms with van der Waals surface area (Å²) in [6, 6.07) is 16.5. The lowest BCUT2D eigenvalue weighted by molar-refractivity contribution is -0.146. The molecule has 0 aliphatic heterocycles. The summed E-state index contributed by atoms with van der Waals surface area (Å²) in [6.45, 7) is 6.05. The van der Waals surface area contributed by atoms with Crippen LogP contribution < -0.4 is 4.74 Å². The third kappa shape index (κ3) is 4.73. The summed E-state index contributed by atoms with van der Waals surface area (Å²) in [4.78, 5) is 13.4. The first kappa shape index (κ1) is 23.3. The van der Waals surface area contributed by atoms with Crippen molar-refractivity contribution in [3.8, 4) is 11.4 Å². The van der Waals surface area contributed by atoms with Crippen molar-refractivity contribution in [2.45, 2.75) is 38.5 Å². The van der Waals surface area contributed by atoms with E-state index >= 15 is 0 Å². The standard InChI is InChI=1S/C25H22F3N3O3/c1-24(2,3)16-11-12-21(20(14-16)31-29-18-9-4-5-10-19(18)30-31)34-22(23(32)33)15-7-6-8-17(13-15)25(26,27)28/h4-14,22H,1-3H3,(H,32,33). The number of hydrogen-bond donors (Lipinski definition) is 1. The van der Waals surface area contributed by atoms with E-state index in [4.69, 9.17) is 4.74 Å². The molecule has 3 aromatic carbocycles. The first-order chi connectivity index (χ1) is 15.9. The maximum absolute atomic E-state index is 13.2. The highest BCUT2D eigenvalue weighted by atomic mass is 19.4. The lowest BCUT2D eigenvalue weighted by Gasteiger charge is -2.23. The Balaban J connectivity index is 1.82. The lowest BCUT2D eigenvalue weighted by Crippen LogP contribution is -2.20. The highest BCUT2D eigenvalue weighted by molar-refractivity contribution is 5.76. The van der Waals surface area contributed by atoms with E-state index in [1.807, 2.05) is 32.9 Å². The summed E-state index contributed by atoms with van der Waals surface area (Å²) in [5, 5.41) is 18.7. The fourth-order valence-corrected chi connectivity index (χ4v) is 3.47. The van der Waals surface area contributed by atoms with Crippen LogP contribution in [0.4, 0.5) is 13.2 Å². The average molecular weight is 469 g/mol. The Labute approximate surface area is 193 Å². The molecule has 1 heterocycles. The number of aliphatic carboxylic acids is 1. The Kier molecular flexibility index (Phi) is 5.80. The fraction of sp³-hybridized carbons (Fsp3) is 0.240. The minimum absolute atomic E-state index is 0.123. The van der Waals surface area contributed by atoms with Crippen LogP contribution in [0.2, 0.25) is 0 Å². The maximum atomic E-state index is 13.2. The van der Waals surface area contributed by atoms with Gasteiger partial charge in [0.15, 0.2) is 0 Å². The smallest absolute Gasteiger partial charge is 0.416 e. The number of ether oxygens (including phenoxy) is 1. The van der Waals surface area contributed by atoms with Gasteiger partial charge in [-0.05, 0) is 47.4 Å². The van der Waals surface area contributed by atoms with Crippen LogP contribution in [0.3, 0.4) is 0 Å². The first-order valence-corrected chi connectivity index (χ1v) is 10.5. The maximum Gasteiger partial charge on any atom is 0.416 e. The quantitative estimate of drug-likeness (QED) is 0.391. The van der Waals surface area contributed by atoms with Crippen LogP contribution in [0.5, 0.6) is 5.75 Å². The van der Waals surface area contributed by atoms with Gasteiger partial charge in [0.2, 0.25) is 6.10 Å². The summed E-state index contributed by atoms with van der Waals surface area (Å²) in [5.41, 5.74) is 1.22. The summed E-state index contributed by atoms with van der Waals surface area (Å²) in [6.07, 6.45) is -6.29. The number of carbonyl (C=O) groups is 1. The van der Waals surface area contributed by atoms with E-state index in [2.05, 4.69) is 10.2 Å². The predicted molar refractivity (Wildman–Crippen MR) is 120 cm³/mol. The molecule has 0 bridgehead atoms. The molecular formula is C25H22F3N3O3. The number of fused-ring (bicyclic) bond motifs is 1. The lowest BCUT2D eigenvalue weighted by atomic mass is 9.87. The van der Waals surface area contributed by atoms with Crippen LogP contribution in [0.15, 0.2) is 66.7 Å². The van der Waals surface area contributed by atoms with Gasteiger partial charge in [-0.25, -0.2) is 4.79 Å². The molecule has 0 aliphatic rings. The second-order valence-electron chi connectivity index (χ2n) is 8.87. The topological polar surface area (TPSA) is 77.2 Å². The van der Waals surface area contributed by atoms with Crippen molar-refractivity contribution in [3.63, 3.8) is 0 Å². The molecule has 0 spiro atoms. The predicted octanol–water partition coefficient (Wildman–Crippen LogP) is 5.94. The summed E-state index contributed by atoms with van der Waals surface area (Å²) >= 11 is 0. The monoisotopic (exact) mass is 469 g/mol. The minimum atomic E-state index is -4.61. The Morgan fingerprint density at radius 3 is 2.12 bits per heavy atom. The van der Waals surface area contributed by atoms with Gasteiger partial charge < -0.3 is 9.84 Å². The molecule has 4 rings (SSSR count). The van der Waals surface area contributed by atoms with Crippen molar-refractivity contribution in [2.24, 2.45) is 0 Å². The van der Waals surface area contributed by atoms with Crippen molar-refractivity contribution in [3.05, 3.63) is 83.4 Å². The van der Waals surface area contributed by atoms with E-state index < -0.39 is 23.8 Å². The third-order valence-electron chi connectivity index (χ3n) is 5.31. The van der Waals surface area contributed by atoms with Gasteiger partial charge >= 0.3 is 12.1 Å². The Morgan fingerprint density at radius 2 is 1.56 bits per heavy atom. The number of carboxylic acid groups (broad SMARTS) is 1. The molecule has 176 valence electrons. The van der Waals surface area contributed by atoms with Crippen molar-refractivity contribution < 1.29 is 27.8 Å². The van der Waals surface area contributed by atoms with Gasteiger partial charge in [0.1, 0.15) is 22.5 Å². The normalized spacial score (nSPS) is 13.1. The molecule has 1 atom stereocenters. The molecule has 0 aliphatic carbocycles. The van der Waals surface area contributed by atoms with E-state index in [1.165, 1.54) is 10.9 Å². The number of nitrogens with zero attached hydrogens (tertiary/aromatic N) is 3. The fourth-order valence-electron chi connectivity index (χ4n) is 3.47. The van der Waals surface area contributed by atoms with Crippen LogP contribution in [0, 0.1) is 0 Å². The van der Waals surface area contributed by atoms with Crippen molar-refractivity contribution >= 4 is 17.0 Å². The van der Waals surface area contributed by atoms with Gasteiger partial charge in [0.05, 0.1) is 5.56 Å². The van der Waals surface area contributed by atoms with E-state index in [1.54, 1.807) is 30.3 Å². The SMILES string of the molecule is CC(C)(C)c1ccc(OC(C(=O)O)c2cccc(C(F)(F)F)c2)c(-n2nc3ccccc3n2)c1. The Morgan fingerprint density at radius 1 is 0.912 bits per heavy atom. The molecule has 4 aromatic rings. The van der Waals surface area contributed by atoms with Crippen molar-refractivity contribution in [1.82, 2.24) is 15.0 Å². The molecule has 0 fully saturated rings. The Bertz CT molecular complexity index is 1320. The van der Waals surface area contributed by atoms with Crippen LogP contribution in [-0.2, 0) is 16.4 Å². The average Bonchev–Trinajstić information content (AvgIpc) is 3.20. The van der Waals surface area contributed by atoms with Crippen LogP contribution in [-0.4, -0.2) is 26.1 Å². The highest BCUT2D eigenvalue weighted by Gasteiger charge is 2.33. The molecule has 1 aromatic heterocycles. The number of carboxylic acids is 1. The molecule has 0 saturated carbocycles. The van der Waals surface area contributed by atoms with Gasteiger partial charge in [0.25, 0.3) is 0 Å². The number of hydrogen-bond acceptors (Lipinski definition) is 4.